The second kappa shape index (κ2) is 7.23. The lowest BCUT2D eigenvalue weighted by Crippen LogP contribution is -2.34. The van der Waals surface area contributed by atoms with Gasteiger partial charge in [0.05, 0.1) is 12.5 Å². The molecule has 0 spiro atoms. The molecule has 2 aromatic carbocycles. The summed E-state index contributed by atoms with van der Waals surface area (Å²) in [5, 5.41) is 3.10. The van der Waals surface area contributed by atoms with Gasteiger partial charge in [0.15, 0.2) is 0 Å². The van der Waals surface area contributed by atoms with E-state index in [1.54, 1.807) is 0 Å². The summed E-state index contributed by atoms with van der Waals surface area (Å²) in [6.07, 6.45) is 1.03. The number of rotatable bonds is 5. The van der Waals surface area contributed by atoms with E-state index in [-0.39, 0.29) is 11.8 Å². The number of carbonyl (C=O) groups is 1. The third-order valence-corrected chi connectivity index (χ3v) is 4.12. The fourth-order valence-corrected chi connectivity index (χ4v) is 2.88. The molecule has 0 aromatic heterocycles. The zero-order valence-electron chi connectivity index (χ0n) is 12.6. The summed E-state index contributed by atoms with van der Waals surface area (Å²) in [6, 6.07) is 19.9. The van der Waals surface area contributed by atoms with Crippen molar-refractivity contribution in [3.63, 3.8) is 0 Å². The van der Waals surface area contributed by atoms with Crippen LogP contribution >= 0.6 is 0 Å². The van der Waals surface area contributed by atoms with Gasteiger partial charge in [-0.15, -0.1) is 0 Å². The lowest BCUT2D eigenvalue weighted by molar-refractivity contribution is -0.121. The summed E-state index contributed by atoms with van der Waals surface area (Å²) in [4.78, 5) is 12.7. The molecule has 3 rings (SSSR count). The Balaban J connectivity index is 1.77. The predicted octanol–water partition coefficient (Wildman–Crippen LogP) is 2.97. The minimum absolute atomic E-state index is 0.0595. The maximum absolute atomic E-state index is 12.7. The average Bonchev–Trinajstić information content (AvgIpc) is 3.09. The van der Waals surface area contributed by atoms with Crippen molar-refractivity contribution < 1.29 is 9.53 Å². The molecule has 1 saturated heterocycles. The molecule has 0 bridgehead atoms. The van der Waals surface area contributed by atoms with Gasteiger partial charge in [0, 0.05) is 19.1 Å². The second-order valence-electron chi connectivity index (χ2n) is 5.73. The third-order valence-electron chi connectivity index (χ3n) is 4.12. The van der Waals surface area contributed by atoms with Gasteiger partial charge in [-0.2, -0.15) is 0 Å². The Morgan fingerprint density at radius 3 is 2.14 bits per heavy atom. The Morgan fingerprint density at radius 2 is 1.64 bits per heavy atom. The summed E-state index contributed by atoms with van der Waals surface area (Å²) < 4.78 is 5.37. The first-order valence-corrected chi connectivity index (χ1v) is 7.80. The number of carbonyl (C=O) groups excluding carboxylic acids is 1. The van der Waals surface area contributed by atoms with Crippen LogP contribution in [0.3, 0.4) is 0 Å². The summed E-state index contributed by atoms with van der Waals surface area (Å²) in [6.45, 7) is 2.25. The van der Waals surface area contributed by atoms with Gasteiger partial charge in [-0.25, -0.2) is 0 Å². The Kier molecular flexibility index (Phi) is 4.86. The first-order chi connectivity index (χ1) is 10.8. The van der Waals surface area contributed by atoms with Crippen molar-refractivity contribution in [3.8, 4) is 0 Å². The lowest BCUT2D eigenvalue weighted by Gasteiger charge is -2.19. The second-order valence-corrected chi connectivity index (χ2v) is 5.73. The molecule has 2 aromatic rings. The fraction of sp³-hybridized carbons (Fsp3) is 0.316. The summed E-state index contributed by atoms with van der Waals surface area (Å²) in [5.41, 5.74) is 2.04. The van der Waals surface area contributed by atoms with Crippen LogP contribution in [0.25, 0.3) is 0 Å². The first kappa shape index (κ1) is 14.8. The fourth-order valence-electron chi connectivity index (χ4n) is 2.88. The van der Waals surface area contributed by atoms with Crippen LogP contribution < -0.4 is 5.32 Å². The highest BCUT2D eigenvalue weighted by atomic mass is 16.5. The van der Waals surface area contributed by atoms with Crippen LogP contribution in [-0.4, -0.2) is 25.7 Å². The highest BCUT2D eigenvalue weighted by Crippen LogP contribution is 2.25. The Bertz CT molecular complexity index is 552. The van der Waals surface area contributed by atoms with Crippen molar-refractivity contribution in [1.29, 1.82) is 0 Å². The van der Waals surface area contributed by atoms with E-state index >= 15 is 0 Å². The summed E-state index contributed by atoms with van der Waals surface area (Å²) in [7, 11) is 0. The molecule has 3 nitrogen and oxygen atoms in total. The van der Waals surface area contributed by atoms with E-state index in [0.29, 0.717) is 12.5 Å². The smallest absolute Gasteiger partial charge is 0.232 e. The van der Waals surface area contributed by atoms with E-state index in [4.69, 9.17) is 4.74 Å². The van der Waals surface area contributed by atoms with E-state index in [1.165, 1.54) is 0 Å². The number of hydrogen-bond acceptors (Lipinski definition) is 2. The van der Waals surface area contributed by atoms with E-state index in [1.807, 2.05) is 60.7 Å². The van der Waals surface area contributed by atoms with Crippen molar-refractivity contribution >= 4 is 5.91 Å². The van der Waals surface area contributed by atoms with Gasteiger partial charge < -0.3 is 10.1 Å². The minimum atomic E-state index is -0.260. The van der Waals surface area contributed by atoms with E-state index in [0.717, 1.165) is 30.8 Å². The standard InChI is InChI=1S/C19H21NO2/c21-19(20-13-15-11-12-22-14-15)18(16-7-3-1-4-8-16)17-9-5-2-6-10-17/h1-10,15,18H,11-14H2,(H,20,21)/t15-/m0/s1. The van der Waals surface area contributed by atoms with Crippen LogP contribution in [0, 0.1) is 5.92 Å². The molecule has 0 aliphatic carbocycles. The molecule has 1 fully saturated rings. The molecular weight excluding hydrogens is 274 g/mol. The normalized spacial score (nSPS) is 17.6. The Labute approximate surface area is 131 Å². The van der Waals surface area contributed by atoms with Gasteiger partial charge in [-0.05, 0) is 17.5 Å². The molecular formula is C19H21NO2. The van der Waals surface area contributed by atoms with Gasteiger partial charge in [0.2, 0.25) is 5.91 Å². The van der Waals surface area contributed by atoms with Crippen LogP contribution in [-0.2, 0) is 9.53 Å². The van der Waals surface area contributed by atoms with Crippen LogP contribution in [0.4, 0.5) is 0 Å². The molecule has 0 saturated carbocycles. The largest absolute Gasteiger partial charge is 0.381 e. The quantitative estimate of drug-likeness (QED) is 0.921. The van der Waals surface area contributed by atoms with Gasteiger partial charge in [0.25, 0.3) is 0 Å². The van der Waals surface area contributed by atoms with E-state index < -0.39 is 0 Å². The predicted molar refractivity (Wildman–Crippen MR) is 86.7 cm³/mol. The molecule has 1 amide bonds. The van der Waals surface area contributed by atoms with Crippen molar-refractivity contribution in [1.82, 2.24) is 5.32 Å². The molecule has 1 heterocycles. The zero-order chi connectivity index (χ0) is 15.2. The Morgan fingerprint density at radius 1 is 1.05 bits per heavy atom. The lowest BCUT2D eigenvalue weighted by atomic mass is 9.90. The molecule has 1 aliphatic heterocycles. The van der Waals surface area contributed by atoms with Crippen LogP contribution in [0.2, 0.25) is 0 Å². The van der Waals surface area contributed by atoms with Crippen LogP contribution in [0.1, 0.15) is 23.5 Å². The molecule has 22 heavy (non-hydrogen) atoms. The highest BCUT2D eigenvalue weighted by Gasteiger charge is 2.24. The molecule has 1 N–H and O–H groups in total. The van der Waals surface area contributed by atoms with Crippen molar-refractivity contribution in [2.24, 2.45) is 5.92 Å². The maximum Gasteiger partial charge on any atom is 0.232 e. The molecule has 1 aliphatic rings. The van der Waals surface area contributed by atoms with Gasteiger partial charge in [-0.3, -0.25) is 4.79 Å². The highest BCUT2D eigenvalue weighted by molar-refractivity contribution is 5.87. The molecule has 114 valence electrons. The zero-order valence-corrected chi connectivity index (χ0v) is 12.6. The van der Waals surface area contributed by atoms with Crippen molar-refractivity contribution in [2.75, 3.05) is 19.8 Å². The van der Waals surface area contributed by atoms with Gasteiger partial charge >= 0.3 is 0 Å². The van der Waals surface area contributed by atoms with Crippen LogP contribution in [0.5, 0.6) is 0 Å². The molecule has 0 radical (unpaired) electrons. The number of ether oxygens (including phenoxy) is 1. The van der Waals surface area contributed by atoms with Gasteiger partial charge in [0.1, 0.15) is 0 Å². The summed E-state index contributed by atoms with van der Waals surface area (Å²) in [5.74, 6) is 0.241. The summed E-state index contributed by atoms with van der Waals surface area (Å²) >= 11 is 0. The monoisotopic (exact) mass is 295 g/mol. The van der Waals surface area contributed by atoms with Gasteiger partial charge in [-0.1, -0.05) is 60.7 Å². The van der Waals surface area contributed by atoms with E-state index in [9.17, 15) is 4.79 Å². The third kappa shape index (κ3) is 3.55. The molecule has 3 heteroatoms. The Hall–Kier alpha value is -2.13. The maximum atomic E-state index is 12.7. The SMILES string of the molecule is O=C(NC[C@@H]1CCOC1)C(c1ccccc1)c1ccccc1. The molecule has 0 unspecified atom stereocenters. The topological polar surface area (TPSA) is 38.3 Å². The number of benzene rings is 2. The average molecular weight is 295 g/mol. The van der Waals surface area contributed by atoms with Crippen molar-refractivity contribution in [2.45, 2.75) is 12.3 Å². The van der Waals surface area contributed by atoms with E-state index in [2.05, 4.69) is 5.32 Å². The first-order valence-electron chi connectivity index (χ1n) is 7.80. The number of hydrogen-bond donors (Lipinski definition) is 1. The van der Waals surface area contributed by atoms with Crippen LogP contribution in [0.15, 0.2) is 60.7 Å². The molecule has 1 atom stereocenters. The number of nitrogens with one attached hydrogen (secondary N) is 1. The van der Waals surface area contributed by atoms with Crippen molar-refractivity contribution in [3.05, 3.63) is 71.8 Å². The minimum Gasteiger partial charge on any atom is -0.381 e. The number of amides is 1.